The molecule has 0 atom stereocenters. The summed E-state index contributed by atoms with van der Waals surface area (Å²) in [7, 11) is 0. The van der Waals surface area contributed by atoms with Crippen LogP contribution in [-0.4, -0.2) is 23.5 Å². The molecule has 2 aliphatic rings. The Kier molecular flexibility index (Phi) is 2.84. The summed E-state index contributed by atoms with van der Waals surface area (Å²) >= 11 is 5.94. The second-order valence-electron chi connectivity index (χ2n) is 5.18. The van der Waals surface area contributed by atoms with Gasteiger partial charge in [-0.25, -0.2) is 4.79 Å². The first kappa shape index (κ1) is 13.2. The molecule has 0 saturated carbocycles. The highest BCUT2D eigenvalue weighted by Crippen LogP contribution is 2.35. The van der Waals surface area contributed by atoms with Crippen molar-refractivity contribution in [3.05, 3.63) is 51.8 Å². The summed E-state index contributed by atoms with van der Waals surface area (Å²) in [5.41, 5.74) is 4.24. The van der Waals surface area contributed by atoms with Gasteiger partial charge in [-0.05, 0) is 23.8 Å². The predicted octanol–water partition coefficient (Wildman–Crippen LogP) is 2.87. The molecule has 1 aromatic heterocycles. The molecule has 5 nitrogen and oxygen atoms in total. The first-order valence-corrected chi connectivity index (χ1v) is 7.21. The molecule has 0 spiro atoms. The lowest BCUT2D eigenvalue weighted by atomic mass is 10.0. The number of benzene rings is 1. The van der Waals surface area contributed by atoms with Crippen molar-refractivity contribution in [3.63, 3.8) is 0 Å². The number of carbonyl (C=O) groups is 2. The van der Waals surface area contributed by atoms with E-state index in [4.69, 9.17) is 16.3 Å². The van der Waals surface area contributed by atoms with Gasteiger partial charge in [-0.15, -0.1) is 0 Å². The van der Waals surface area contributed by atoms with Gasteiger partial charge in [0, 0.05) is 28.9 Å². The average molecular weight is 315 g/mol. The minimum absolute atomic E-state index is 0.181. The second-order valence-corrected chi connectivity index (χ2v) is 5.62. The number of H-pyrrole nitrogens is 1. The Morgan fingerprint density at radius 2 is 2.09 bits per heavy atom. The minimum Gasteiger partial charge on any atom is -0.462 e. The van der Waals surface area contributed by atoms with E-state index in [1.165, 1.54) is 0 Å². The van der Waals surface area contributed by atoms with Gasteiger partial charge in [0.1, 0.15) is 0 Å². The van der Waals surface area contributed by atoms with Crippen LogP contribution in [0.1, 0.15) is 27.2 Å². The van der Waals surface area contributed by atoms with Gasteiger partial charge in [0.2, 0.25) is 0 Å². The first-order valence-electron chi connectivity index (χ1n) is 6.84. The summed E-state index contributed by atoms with van der Waals surface area (Å²) in [6.45, 7) is 0.359. The van der Waals surface area contributed by atoms with E-state index in [9.17, 15) is 9.59 Å². The van der Waals surface area contributed by atoms with Crippen LogP contribution in [-0.2, 0) is 16.0 Å². The topological polar surface area (TPSA) is 71.2 Å². The molecular formula is C16H11ClN2O3. The molecule has 3 heterocycles. The zero-order valence-corrected chi connectivity index (χ0v) is 12.2. The van der Waals surface area contributed by atoms with Gasteiger partial charge in [0.25, 0.3) is 5.91 Å². The van der Waals surface area contributed by atoms with Gasteiger partial charge < -0.3 is 15.0 Å². The monoisotopic (exact) mass is 314 g/mol. The Morgan fingerprint density at radius 1 is 1.23 bits per heavy atom. The van der Waals surface area contributed by atoms with E-state index < -0.39 is 0 Å². The van der Waals surface area contributed by atoms with Gasteiger partial charge >= 0.3 is 5.97 Å². The van der Waals surface area contributed by atoms with Crippen molar-refractivity contribution in [2.75, 3.05) is 11.9 Å². The zero-order valence-electron chi connectivity index (χ0n) is 11.4. The summed E-state index contributed by atoms with van der Waals surface area (Å²) in [5.74, 6) is -0.510. The largest absolute Gasteiger partial charge is 0.462 e. The normalized spacial score (nSPS) is 18.0. The van der Waals surface area contributed by atoms with Crippen LogP contribution in [0.4, 0.5) is 5.69 Å². The van der Waals surface area contributed by atoms with E-state index in [1.807, 2.05) is 6.07 Å². The average Bonchev–Trinajstić information content (AvgIpc) is 3.02. The van der Waals surface area contributed by atoms with Gasteiger partial charge in [-0.3, -0.25) is 4.79 Å². The summed E-state index contributed by atoms with van der Waals surface area (Å²) in [4.78, 5) is 26.9. The maximum absolute atomic E-state index is 12.2. The molecule has 4 rings (SSSR count). The highest BCUT2D eigenvalue weighted by molar-refractivity contribution is 6.36. The number of hydrogen-bond donors (Lipinski definition) is 2. The number of amides is 1. The second kappa shape index (κ2) is 4.74. The van der Waals surface area contributed by atoms with Crippen LogP contribution in [0.3, 0.4) is 0 Å². The standard InChI is InChI=1S/C16H11ClN2O3/c17-8-1-2-9-11(15(20)19-14(9)5-8)6-13-10-3-4-22-16(21)12(10)7-18-13/h1-2,5-7,18H,3-4H2,(H,19,20)/b11-6-. The highest BCUT2D eigenvalue weighted by Gasteiger charge is 2.27. The van der Waals surface area contributed by atoms with Gasteiger partial charge in [-0.2, -0.15) is 0 Å². The van der Waals surface area contributed by atoms with Crippen LogP contribution in [0.25, 0.3) is 11.6 Å². The fourth-order valence-electron chi connectivity index (χ4n) is 2.83. The molecule has 2 aliphatic heterocycles. The maximum atomic E-state index is 12.2. The first-order chi connectivity index (χ1) is 10.6. The smallest absolute Gasteiger partial charge is 0.339 e. The van der Waals surface area contributed by atoms with E-state index in [-0.39, 0.29) is 11.9 Å². The molecule has 22 heavy (non-hydrogen) atoms. The van der Waals surface area contributed by atoms with Crippen LogP contribution in [0, 0.1) is 0 Å². The van der Waals surface area contributed by atoms with Gasteiger partial charge in [0.15, 0.2) is 0 Å². The van der Waals surface area contributed by atoms with E-state index in [0.717, 1.165) is 16.8 Å². The van der Waals surface area contributed by atoms with Crippen LogP contribution >= 0.6 is 11.6 Å². The number of rotatable bonds is 1. The third-order valence-electron chi connectivity index (χ3n) is 3.88. The molecule has 1 aromatic carbocycles. The molecule has 0 aliphatic carbocycles. The molecule has 110 valence electrons. The number of cyclic esters (lactones) is 1. The Morgan fingerprint density at radius 3 is 2.95 bits per heavy atom. The van der Waals surface area contributed by atoms with Crippen molar-refractivity contribution in [3.8, 4) is 0 Å². The molecule has 0 saturated heterocycles. The molecule has 2 N–H and O–H groups in total. The molecule has 0 fully saturated rings. The number of aromatic nitrogens is 1. The number of ether oxygens (including phenoxy) is 1. The number of nitrogens with one attached hydrogen (secondary N) is 2. The maximum Gasteiger partial charge on any atom is 0.339 e. The lowest BCUT2D eigenvalue weighted by molar-refractivity contribution is -0.110. The number of aromatic amines is 1. The van der Waals surface area contributed by atoms with Crippen LogP contribution in [0.15, 0.2) is 24.4 Å². The Hall–Kier alpha value is -2.53. The van der Waals surface area contributed by atoms with E-state index in [2.05, 4.69) is 10.3 Å². The lowest BCUT2D eigenvalue weighted by Gasteiger charge is -2.12. The van der Waals surface area contributed by atoms with Crippen LogP contribution in [0.2, 0.25) is 5.02 Å². The van der Waals surface area contributed by atoms with E-state index in [1.54, 1.807) is 24.4 Å². The van der Waals surface area contributed by atoms with Crippen molar-refractivity contribution in [2.45, 2.75) is 6.42 Å². The van der Waals surface area contributed by atoms with E-state index in [0.29, 0.717) is 34.9 Å². The number of hydrogen-bond acceptors (Lipinski definition) is 3. The van der Waals surface area contributed by atoms with Crippen molar-refractivity contribution < 1.29 is 14.3 Å². The molecule has 0 unspecified atom stereocenters. The van der Waals surface area contributed by atoms with Crippen LogP contribution in [0.5, 0.6) is 0 Å². The lowest BCUT2D eigenvalue weighted by Crippen LogP contribution is -2.16. The third kappa shape index (κ3) is 1.94. The van der Waals surface area contributed by atoms with Crippen LogP contribution < -0.4 is 5.32 Å². The molecule has 0 radical (unpaired) electrons. The fraction of sp³-hybridized carbons (Fsp3) is 0.125. The van der Waals surface area contributed by atoms with Crippen molar-refractivity contribution in [1.82, 2.24) is 4.98 Å². The molecular weight excluding hydrogens is 304 g/mol. The zero-order chi connectivity index (χ0) is 15.3. The van der Waals surface area contributed by atoms with Crippen molar-refractivity contribution >= 4 is 40.8 Å². The summed E-state index contributed by atoms with van der Waals surface area (Å²) < 4.78 is 5.00. The van der Waals surface area contributed by atoms with Crippen molar-refractivity contribution in [2.24, 2.45) is 0 Å². The van der Waals surface area contributed by atoms with Crippen molar-refractivity contribution in [1.29, 1.82) is 0 Å². The molecule has 0 bridgehead atoms. The van der Waals surface area contributed by atoms with Gasteiger partial charge in [0.05, 0.1) is 23.4 Å². The Bertz CT molecular complexity index is 851. The number of fused-ring (bicyclic) bond motifs is 2. The Balaban J connectivity index is 1.82. The summed E-state index contributed by atoms with van der Waals surface area (Å²) in [6, 6.07) is 5.28. The highest BCUT2D eigenvalue weighted by atomic mass is 35.5. The molecule has 2 aromatic rings. The molecule has 6 heteroatoms. The fourth-order valence-corrected chi connectivity index (χ4v) is 3.00. The summed E-state index contributed by atoms with van der Waals surface area (Å²) in [5, 5.41) is 3.36. The Labute approximate surface area is 130 Å². The summed E-state index contributed by atoms with van der Waals surface area (Å²) in [6.07, 6.45) is 4.03. The number of anilines is 1. The third-order valence-corrected chi connectivity index (χ3v) is 4.12. The quantitative estimate of drug-likeness (QED) is 0.628. The number of halogens is 1. The van der Waals surface area contributed by atoms with Gasteiger partial charge in [-0.1, -0.05) is 17.7 Å². The van der Waals surface area contributed by atoms with E-state index >= 15 is 0 Å². The number of esters is 1. The predicted molar refractivity (Wildman–Crippen MR) is 82.7 cm³/mol. The molecule has 1 amide bonds. The minimum atomic E-state index is -0.329. The number of carbonyl (C=O) groups excluding carboxylic acids is 2. The SMILES string of the molecule is O=C1Nc2cc(Cl)ccc2/C1=C/c1[nH]cc2c1CCOC2=O.